The van der Waals surface area contributed by atoms with Crippen molar-refractivity contribution in [3.05, 3.63) is 29.3 Å². The summed E-state index contributed by atoms with van der Waals surface area (Å²) in [5.74, 6) is -0.0194. The van der Waals surface area contributed by atoms with Crippen molar-refractivity contribution in [2.45, 2.75) is 34.1 Å². The number of phenolic OH excluding ortho intramolecular Hbond substituents is 1. The zero-order valence-electron chi connectivity index (χ0n) is 11.4. The molecule has 18 heavy (non-hydrogen) atoms. The van der Waals surface area contributed by atoms with Crippen molar-refractivity contribution in [3.63, 3.8) is 0 Å². The van der Waals surface area contributed by atoms with Crippen LogP contribution in [0.25, 0.3) is 0 Å². The van der Waals surface area contributed by atoms with Crippen molar-refractivity contribution in [1.82, 2.24) is 0 Å². The third kappa shape index (κ3) is 3.42. The maximum Gasteiger partial charge on any atom is 0.165 e. The first-order valence-corrected chi connectivity index (χ1v) is 6.21. The second-order valence-corrected chi connectivity index (χ2v) is 5.16. The van der Waals surface area contributed by atoms with Crippen LogP contribution in [-0.2, 0) is 11.2 Å². The van der Waals surface area contributed by atoms with Crippen LogP contribution in [0.3, 0.4) is 0 Å². The number of hydrogen-bond donors (Lipinski definition) is 1. The summed E-state index contributed by atoms with van der Waals surface area (Å²) in [6, 6.07) is 4.71. The van der Waals surface area contributed by atoms with Gasteiger partial charge in [-0.15, -0.1) is 0 Å². The molecule has 98 valence electrons. The van der Waals surface area contributed by atoms with Gasteiger partial charge in [-0.25, -0.2) is 0 Å². The van der Waals surface area contributed by atoms with Gasteiger partial charge in [0.05, 0.1) is 0 Å². The minimum atomic E-state index is -0.0943. The number of rotatable bonds is 5. The van der Waals surface area contributed by atoms with E-state index in [0.29, 0.717) is 11.1 Å². The monoisotopic (exact) mass is 248 g/mol. The fourth-order valence-corrected chi connectivity index (χ4v) is 1.61. The van der Waals surface area contributed by atoms with E-state index in [1.165, 1.54) is 6.07 Å². The van der Waals surface area contributed by atoms with Gasteiger partial charge in [0.15, 0.2) is 5.78 Å². The van der Waals surface area contributed by atoms with Gasteiger partial charge in [-0.3, -0.25) is 9.59 Å². The number of aromatic hydroxyl groups is 1. The Balaban J connectivity index is 3.02. The summed E-state index contributed by atoms with van der Waals surface area (Å²) in [4.78, 5) is 23.5. The molecule has 0 bridgehead atoms. The number of ketones is 2. The van der Waals surface area contributed by atoms with E-state index in [1.807, 2.05) is 27.7 Å². The molecule has 0 radical (unpaired) electrons. The molecule has 1 aromatic carbocycles. The molecule has 0 saturated heterocycles. The van der Waals surface area contributed by atoms with Crippen molar-refractivity contribution in [3.8, 4) is 5.75 Å². The van der Waals surface area contributed by atoms with Gasteiger partial charge in [0.25, 0.3) is 0 Å². The lowest BCUT2D eigenvalue weighted by Gasteiger charge is -2.09. The number of benzene rings is 1. The van der Waals surface area contributed by atoms with Crippen molar-refractivity contribution in [2.75, 3.05) is 0 Å². The number of Topliss-reactive ketones (excluding diaryl/α,β-unsaturated/α-hetero) is 2. The molecule has 0 aromatic heterocycles. The molecule has 0 aliphatic carbocycles. The second kappa shape index (κ2) is 5.80. The largest absolute Gasteiger partial charge is 0.508 e. The third-order valence-corrected chi connectivity index (χ3v) is 2.90. The van der Waals surface area contributed by atoms with Gasteiger partial charge in [0.2, 0.25) is 0 Å². The Morgan fingerprint density at radius 1 is 1.11 bits per heavy atom. The minimum Gasteiger partial charge on any atom is -0.508 e. The van der Waals surface area contributed by atoms with Crippen LogP contribution in [0.15, 0.2) is 18.2 Å². The van der Waals surface area contributed by atoms with Gasteiger partial charge in [0, 0.05) is 29.4 Å². The van der Waals surface area contributed by atoms with Crippen LogP contribution in [0.4, 0.5) is 0 Å². The predicted molar refractivity (Wildman–Crippen MR) is 70.8 cm³/mol. The van der Waals surface area contributed by atoms with Crippen molar-refractivity contribution in [1.29, 1.82) is 0 Å². The van der Waals surface area contributed by atoms with Crippen LogP contribution in [0.2, 0.25) is 0 Å². The topological polar surface area (TPSA) is 54.4 Å². The Labute approximate surface area is 108 Å². The first-order valence-electron chi connectivity index (χ1n) is 6.21. The quantitative estimate of drug-likeness (QED) is 0.815. The Kier molecular flexibility index (Phi) is 4.65. The average molecular weight is 248 g/mol. The highest BCUT2D eigenvalue weighted by molar-refractivity contribution is 5.98. The Morgan fingerprint density at radius 2 is 1.72 bits per heavy atom. The van der Waals surface area contributed by atoms with E-state index < -0.39 is 0 Å². The van der Waals surface area contributed by atoms with E-state index in [1.54, 1.807) is 12.1 Å². The fourth-order valence-electron chi connectivity index (χ4n) is 1.61. The average Bonchev–Trinajstić information content (AvgIpc) is 2.30. The number of phenols is 1. The van der Waals surface area contributed by atoms with Crippen molar-refractivity contribution >= 4 is 11.6 Å². The van der Waals surface area contributed by atoms with E-state index in [0.717, 1.165) is 0 Å². The summed E-state index contributed by atoms with van der Waals surface area (Å²) in [5, 5.41) is 9.72. The summed E-state index contributed by atoms with van der Waals surface area (Å²) in [6.45, 7) is 7.30. The number of carbonyl (C=O) groups excluding carboxylic acids is 2. The Morgan fingerprint density at radius 3 is 2.22 bits per heavy atom. The van der Waals surface area contributed by atoms with Gasteiger partial charge in [-0.1, -0.05) is 27.7 Å². The first kappa shape index (κ1) is 14.4. The molecule has 0 aliphatic heterocycles. The Hall–Kier alpha value is -1.64. The lowest BCUT2D eigenvalue weighted by molar-refractivity contribution is -0.121. The zero-order valence-corrected chi connectivity index (χ0v) is 11.4. The molecule has 0 amide bonds. The van der Waals surface area contributed by atoms with E-state index in [-0.39, 0.29) is 35.6 Å². The SMILES string of the molecule is CC(C)C(=O)Cc1cc(C(=O)C(C)C)ccc1O. The maximum absolute atomic E-state index is 11.9. The molecule has 3 nitrogen and oxygen atoms in total. The van der Waals surface area contributed by atoms with E-state index in [4.69, 9.17) is 0 Å². The molecule has 1 rings (SSSR count). The molecule has 1 N–H and O–H groups in total. The van der Waals surface area contributed by atoms with Crippen LogP contribution in [0, 0.1) is 11.8 Å². The van der Waals surface area contributed by atoms with E-state index in [9.17, 15) is 14.7 Å². The van der Waals surface area contributed by atoms with Gasteiger partial charge in [-0.05, 0) is 18.2 Å². The standard InChI is InChI=1S/C15H20O3/c1-9(2)14(17)8-12-7-11(5-6-13(12)16)15(18)10(3)4/h5-7,9-10,16H,8H2,1-4H3. The summed E-state index contributed by atoms with van der Waals surface area (Å²) >= 11 is 0. The van der Waals surface area contributed by atoms with Gasteiger partial charge >= 0.3 is 0 Å². The van der Waals surface area contributed by atoms with Gasteiger partial charge < -0.3 is 5.11 Å². The van der Waals surface area contributed by atoms with Crippen LogP contribution >= 0.6 is 0 Å². The molecule has 0 atom stereocenters. The smallest absolute Gasteiger partial charge is 0.165 e. The third-order valence-electron chi connectivity index (χ3n) is 2.90. The number of hydrogen-bond acceptors (Lipinski definition) is 3. The summed E-state index contributed by atoms with van der Waals surface area (Å²) in [5.41, 5.74) is 1.08. The normalized spacial score (nSPS) is 11.0. The molecule has 0 unspecified atom stereocenters. The second-order valence-electron chi connectivity index (χ2n) is 5.16. The summed E-state index contributed by atoms with van der Waals surface area (Å²) in [7, 11) is 0. The van der Waals surface area contributed by atoms with E-state index >= 15 is 0 Å². The predicted octanol–water partition coefficient (Wildman–Crippen LogP) is 3.00. The van der Waals surface area contributed by atoms with Crippen molar-refractivity contribution < 1.29 is 14.7 Å². The van der Waals surface area contributed by atoms with Crippen LogP contribution in [0.5, 0.6) is 5.75 Å². The summed E-state index contributed by atoms with van der Waals surface area (Å²) in [6.07, 6.45) is 0.169. The minimum absolute atomic E-state index is 0.0215. The van der Waals surface area contributed by atoms with E-state index in [2.05, 4.69) is 0 Å². The molecule has 0 aliphatic rings. The highest BCUT2D eigenvalue weighted by Gasteiger charge is 2.15. The van der Waals surface area contributed by atoms with Gasteiger partial charge in [0.1, 0.15) is 11.5 Å². The molecule has 0 fully saturated rings. The van der Waals surface area contributed by atoms with Crippen LogP contribution in [0.1, 0.15) is 43.6 Å². The van der Waals surface area contributed by atoms with Crippen molar-refractivity contribution in [2.24, 2.45) is 11.8 Å². The molecule has 0 heterocycles. The summed E-state index contributed by atoms with van der Waals surface area (Å²) < 4.78 is 0. The van der Waals surface area contributed by atoms with Crippen LogP contribution < -0.4 is 0 Å². The lowest BCUT2D eigenvalue weighted by atomic mass is 9.95. The highest BCUT2D eigenvalue weighted by atomic mass is 16.3. The van der Waals surface area contributed by atoms with Gasteiger partial charge in [-0.2, -0.15) is 0 Å². The number of carbonyl (C=O) groups is 2. The first-order chi connectivity index (χ1) is 8.32. The van der Waals surface area contributed by atoms with Crippen LogP contribution in [-0.4, -0.2) is 16.7 Å². The molecule has 0 spiro atoms. The lowest BCUT2D eigenvalue weighted by Crippen LogP contribution is -2.12. The Bertz CT molecular complexity index is 459. The molecule has 3 heteroatoms. The maximum atomic E-state index is 11.9. The molecular formula is C15H20O3. The fraction of sp³-hybridized carbons (Fsp3) is 0.467. The molecular weight excluding hydrogens is 228 g/mol. The molecule has 0 saturated carbocycles. The molecule has 1 aromatic rings. The highest BCUT2D eigenvalue weighted by Crippen LogP contribution is 2.22. The zero-order chi connectivity index (χ0) is 13.9.